The molecule has 0 unspecified atom stereocenters. The molecule has 1 fully saturated rings. The minimum Gasteiger partial charge on any atom is -0.415 e. The third-order valence-electron chi connectivity index (χ3n) is 8.62. The van der Waals surface area contributed by atoms with Crippen LogP contribution in [-0.4, -0.2) is 166 Å². The largest absolute Gasteiger partial charge is 0.415 e. The number of rotatable bonds is 28. The summed E-state index contributed by atoms with van der Waals surface area (Å²) in [5.74, 6) is 0. The van der Waals surface area contributed by atoms with Crippen molar-refractivity contribution in [2.24, 2.45) is 0 Å². The number of ether oxygens (including phenoxy) is 1. The first kappa shape index (κ1) is 69.9. The molecule has 0 radical (unpaired) electrons. The number of hydrogen-bond donors (Lipinski definition) is 0. The quantitative estimate of drug-likeness (QED) is 0.0696. The Balaban J connectivity index is 0.00000133. The third-order valence-corrected chi connectivity index (χ3v) is 19.6. The van der Waals surface area contributed by atoms with Gasteiger partial charge in [0.25, 0.3) is 0 Å². The van der Waals surface area contributed by atoms with Crippen LogP contribution in [0, 0.1) is 0 Å². The van der Waals surface area contributed by atoms with E-state index in [1.807, 2.05) is 0 Å². The van der Waals surface area contributed by atoms with E-state index in [9.17, 15) is 0 Å². The summed E-state index contributed by atoms with van der Waals surface area (Å²) in [7, 11) is -20.7. The van der Waals surface area contributed by atoms with Gasteiger partial charge in [-0.15, -0.1) is 0 Å². The Morgan fingerprint density at radius 2 is 0.574 bits per heavy atom. The van der Waals surface area contributed by atoms with Crippen LogP contribution in [0.15, 0.2) is 0 Å². The molecule has 0 amide bonds. The molecule has 1 aliphatic rings. The van der Waals surface area contributed by atoms with Crippen molar-refractivity contribution in [3.8, 4) is 0 Å². The first-order valence-corrected chi connectivity index (χ1v) is 63.0. The molecule has 0 aromatic carbocycles. The van der Waals surface area contributed by atoms with Crippen molar-refractivity contribution >= 4 is 91.5 Å². The van der Waals surface area contributed by atoms with Crippen LogP contribution in [0.4, 0.5) is 0 Å². The molecule has 9 atom stereocenters. The average molecular weight is 1160 g/mol. The molecule has 0 saturated carbocycles. The van der Waals surface area contributed by atoms with E-state index >= 15 is 0 Å². The van der Waals surface area contributed by atoms with Gasteiger partial charge in [0.1, 0.15) is 24.4 Å². The Labute approximate surface area is 433 Å². The van der Waals surface area contributed by atoms with E-state index in [0.717, 1.165) is 0 Å². The van der Waals surface area contributed by atoms with Crippen LogP contribution in [0.3, 0.4) is 0 Å². The van der Waals surface area contributed by atoms with Crippen molar-refractivity contribution in [3.63, 3.8) is 0 Å². The lowest BCUT2D eigenvalue weighted by Gasteiger charge is -2.51. The highest BCUT2D eigenvalue weighted by atomic mass is 28.4. The van der Waals surface area contributed by atoms with Crippen LogP contribution < -0.4 is 0 Å². The summed E-state index contributed by atoms with van der Waals surface area (Å²) < 4.78 is 80.6. The summed E-state index contributed by atoms with van der Waals surface area (Å²) in [6.07, 6.45) is -2.57. The van der Waals surface area contributed by atoms with E-state index in [4.69, 9.17) is 53.4 Å². The smallest absolute Gasteiger partial charge is 0.187 e. The van der Waals surface area contributed by atoms with E-state index in [-0.39, 0.29) is 48.8 Å². The van der Waals surface area contributed by atoms with Gasteiger partial charge >= 0.3 is 0 Å². The molecule has 1 saturated heterocycles. The second-order valence-electron chi connectivity index (χ2n) is 29.6. The van der Waals surface area contributed by atoms with Crippen molar-refractivity contribution < 1.29 is 53.4 Å². The Bertz CT molecular complexity index is 1380. The van der Waals surface area contributed by atoms with E-state index in [0.29, 0.717) is 19.8 Å². The molecule has 1 rings (SSSR count). The van der Waals surface area contributed by atoms with E-state index in [2.05, 4.69) is 216 Å². The molecule has 0 spiro atoms. The predicted octanol–water partition coefficient (Wildman–Crippen LogP) is 13.6. The van der Waals surface area contributed by atoms with Crippen molar-refractivity contribution in [2.75, 3.05) is 19.8 Å². The summed E-state index contributed by atoms with van der Waals surface area (Å²) in [5.41, 5.74) is 0. The Morgan fingerprint density at radius 3 is 0.838 bits per heavy atom. The van der Waals surface area contributed by atoms with Gasteiger partial charge in [0.05, 0.1) is 44.2 Å². The molecule has 0 aliphatic carbocycles. The highest BCUT2D eigenvalue weighted by Gasteiger charge is 2.53. The molecule has 0 bridgehead atoms. The average Bonchev–Trinajstić information content (AvgIpc) is 3.00. The minimum absolute atomic E-state index is 0.226. The Morgan fingerprint density at radius 1 is 0.294 bits per heavy atom. The second kappa shape index (κ2) is 26.3. The van der Waals surface area contributed by atoms with Gasteiger partial charge in [-0.25, -0.2) is 0 Å². The fraction of sp³-hybridized carbons (Fsp3) is 1.00. The summed E-state index contributed by atoms with van der Waals surface area (Å²) in [4.78, 5) is 0. The molecule has 1 heterocycles. The van der Waals surface area contributed by atoms with Gasteiger partial charge in [-0.1, -0.05) is 0 Å². The zero-order valence-corrected chi connectivity index (χ0v) is 61.7. The molecule has 68 heavy (non-hydrogen) atoms. The molecule has 12 nitrogen and oxygen atoms in total. The normalized spacial score (nSPS) is 23.2. The monoisotopic (exact) mass is 1150 g/mol. The molecular formula is C45H114O12Si11. The fourth-order valence-electron chi connectivity index (χ4n) is 6.90. The fourth-order valence-corrected chi connectivity index (χ4v) is 17.5. The van der Waals surface area contributed by atoms with Gasteiger partial charge in [-0.2, -0.15) is 0 Å². The predicted molar refractivity (Wildman–Crippen MR) is 319 cm³/mol. The Hall–Kier alpha value is 1.91. The highest BCUT2D eigenvalue weighted by Crippen LogP contribution is 2.36. The molecule has 0 N–H and O–H groups in total. The molecule has 1 aliphatic heterocycles. The third kappa shape index (κ3) is 36.0. The maximum Gasteiger partial charge on any atom is 0.187 e. The molecular weight excluding hydrogens is 1040 g/mol. The molecule has 410 valence electrons. The van der Waals surface area contributed by atoms with Gasteiger partial charge in [0.15, 0.2) is 97.8 Å². The Kier molecular flexibility index (Phi) is 27.0. The van der Waals surface area contributed by atoms with Crippen molar-refractivity contribution in [1.29, 1.82) is 0 Å². The zero-order valence-electron chi connectivity index (χ0n) is 50.7. The van der Waals surface area contributed by atoms with Crippen LogP contribution in [0.1, 0.15) is 0 Å². The lowest BCUT2D eigenvalue weighted by molar-refractivity contribution is -0.268. The first-order chi connectivity index (χ1) is 29.5. The van der Waals surface area contributed by atoms with Gasteiger partial charge in [-0.3, -0.25) is 0 Å². The van der Waals surface area contributed by atoms with Crippen molar-refractivity contribution in [2.45, 2.75) is 271 Å². The minimum atomic E-state index is -1.99. The van der Waals surface area contributed by atoms with Crippen molar-refractivity contribution in [1.82, 2.24) is 0 Å². The standard InChI is InChI=1S/C24H62O6Si6.C21H52O6Si5/c1-31(2,3)25-19-21(27-33(7,8)9)23(29-35(13,14)15)24(30-36(16,17)18)22(28-34(10,11)12)20-26-32(4,5)6;1-28(2,3)22-16-17-18(24-29(4,5)6)19(25-30(7,8)9)20(26-31(10,11)12)21(23-17)27-32(13,14)15/h21-24H,19-20H2,1-18H3;17-21H,16H2,1-15H3/t21-,22+,23-,24-;17-,18-,19+,20-,21-/m11/s1. The van der Waals surface area contributed by atoms with E-state index < -0.39 is 97.8 Å². The second-order valence-corrected chi connectivity index (χ2v) is 78.8. The summed E-state index contributed by atoms with van der Waals surface area (Å²) in [6, 6.07) is 0. The van der Waals surface area contributed by atoms with Crippen molar-refractivity contribution in [3.05, 3.63) is 0 Å². The van der Waals surface area contributed by atoms with Gasteiger partial charge in [-0.05, 0) is 216 Å². The van der Waals surface area contributed by atoms with E-state index in [1.165, 1.54) is 0 Å². The van der Waals surface area contributed by atoms with Crippen LogP contribution in [0.5, 0.6) is 0 Å². The lowest BCUT2D eigenvalue weighted by atomic mass is 9.99. The molecule has 0 aromatic rings. The molecule has 23 heteroatoms. The SMILES string of the molecule is C[Si](C)(C)OC[C@H](O[Si](C)(C)C)[C@@H](O[Si](C)(C)C)[C@H](O[Si](C)(C)C)[C@@H](CO[Si](C)(C)C)O[Si](C)(C)C.C[Si](C)(C)OC[C@H]1O[C@H](O[Si](C)(C)C)[C@H](O[Si](C)(C)C)[C@@H](O[Si](C)(C)C)[C@@H]1O[Si](C)(C)C. The molecule has 0 aromatic heterocycles. The first-order valence-electron chi connectivity index (χ1n) is 25.5. The van der Waals surface area contributed by atoms with Gasteiger partial charge in [0.2, 0.25) is 0 Å². The van der Waals surface area contributed by atoms with Crippen LogP contribution in [0.2, 0.25) is 216 Å². The van der Waals surface area contributed by atoms with Crippen LogP contribution in [-0.2, 0) is 53.4 Å². The van der Waals surface area contributed by atoms with Gasteiger partial charge in [0, 0.05) is 0 Å². The summed E-state index contributed by atoms with van der Waals surface area (Å²) >= 11 is 0. The number of hydrogen-bond acceptors (Lipinski definition) is 12. The topological polar surface area (TPSA) is 111 Å². The highest BCUT2D eigenvalue weighted by molar-refractivity contribution is 6.73. The van der Waals surface area contributed by atoms with Gasteiger partial charge < -0.3 is 53.4 Å². The van der Waals surface area contributed by atoms with Crippen LogP contribution >= 0.6 is 0 Å². The zero-order chi connectivity index (χ0) is 54.3. The maximum atomic E-state index is 7.01. The summed E-state index contributed by atoms with van der Waals surface area (Å²) in [6.45, 7) is 74.8. The summed E-state index contributed by atoms with van der Waals surface area (Å²) in [5, 5.41) is 0. The lowest BCUT2D eigenvalue weighted by Crippen LogP contribution is -2.67. The van der Waals surface area contributed by atoms with Crippen LogP contribution in [0.25, 0.3) is 0 Å². The van der Waals surface area contributed by atoms with E-state index in [1.54, 1.807) is 0 Å². The maximum absolute atomic E-state index is 7.01.